The number of hydrogen-bond acceptors (Lipinski definition) is 5. The first-order valence-electron chi connectivity index (χ1n) is 5.71. The van der Waals surface area contributed by atoms with Crippen LogP contribution in [0.25, 0.3) is 0 Å². The Morgan fingerprint density at radius 3 is 3.00 bits per heavy atom. The Morgan fingerprint density at radius 1 is 1.44 bits per heavy atom. The first-order valence-corrected chi connectivity index (χ1v) is 5.71. The molecule has 2 aliphatic rings. The average Bonchev–Trinajstić information content (AvgIpc) is 2.78. The Morgan fingerprint density at radius 2 is 2.31 bits per heavy atom. The van der Waals surface area contributed by atoms with Crippen LogP contribution in [0.5, 0.6) is 0 Å². The molecule has 0 saturated carbocycles. The van der Waals surface area contributed by atoms with E-state index in [1.165, 1.54) is 7.11 Å². The second-order valence-corrected chi connectivity index (χ2v) is 4.22. The monoisotopic (exact) mass is 230 g/mol. The van der Waals surface area contributed by atoms with Gasteiger partial charge in [0, 0.05) is 12.5 Å². The molecule has 2 rings (SSSR count). The summed E-state index contributed by atoms with van der Waals surface area (Å²) in [7, 11) is 1.38. The Hall–Kier alpha value is -0.650. The largest absolute Gasteiger partial charge is 0.469 e. The van der Waals surface area contributed by atoms with Crippen LogP contribution in [0.15, 0.2) is 0 Å². The minimum absolute atomic E-state index is 0.167. The van der Waals surface area contributed by atoms with Gasteiger partial charge in [0.1, 0.15) is 0 Å². The fraction of sp³-hybridized carbons (Fsp3) is 0.909. The van der Waals surface area contributed by atoms with Gasteiger partial charge in [0.2, 0.25) is 0 Å². The lowest BCUT2D eigenvalue weighted by Gasteiger charge is -2.26. The predicted molar refractivity (Wildman–Crippen MR) is 54.8 cm³/mol. The molecule has 0 amide bonds. The summed E-state index contributed by atoms with van der Waals surface area (Å²) in [5, 5.41) is 0. The van der Waals surface area contributed by atoms with E-state index in [4.69, 9.17) is 14.2 Å². The van der Waals surface area contributed by atoms with Crippen molar-refractivity contribution in [1.29, 1.82) is 0 Å². The summed E-state index contributed by atoms with van der Waals surface area (Å²) < 4.78 is 21.2. The SMILES string of the molecule is COC(=O)CC1COC(C2CCCOC2)O1. The number of methoxy groups -OCH3 is 1. The fourth-order valence-corrected chi connectivity index (χ4v) is 2.07. The van der Waals surface area contributed by atoms with Crippen LogP contribution in [-0.4, -0.2) is 45.3 Å². The Labute approximate surface area is 95.0 Å². The van der Waals surface area contributed by atoms with Crippen molar-refractivity contribution in [2.24, 2.45) is 5.92 Å². The van der Waals surface area contributed by atoms with Gasteiger partial charge in [0.05, 0.1) is 32.8 Å². The van der Waals surface area contributed by atoms with Crippen LogP contribution in [0.1, 0.15) is 19.3 Å². The number of rotatable bonds is 3. The third-order valence-electron chi connectivity index (χ3n) is 2.98. The van der Waals surface area contributed by atoms with Crippen molar-refractivity contribution >= 4 is 5.97 Å². The average molecular weight is 230 g/mol. The van der Waals surface area contributed by atoms with Gasteiger partial charge < -0.3 is 18.9 Å². The van der Waals surface area contributed by atoms with E-state index >= 15 is 0 Å². The number of ether oxygens (including phenoxy) is 4. The van der Waals surface area contributed by atoms with Gasteiger partial charge in [-0.05, 0) is 12.8 Å². The van der Waals surface area contributed by atoms with Gasteiger partial charge in [0.15, 0.2) is 6.29 Å². The smallest absolute Gasteiger partial charge is 0.308 e. The molecule has 0 aromatic heterocycles. The van der Waals surface area contributed by atoms with E-state index in [9.17, 15) is 4.79 Å². The van der Waals surface area contributed by atoms with Crippen molar-refractivity contribution < 1.29 is 23.7 Å². The Balaban J connectivity index is 1.76. The van der Waals surface area contributed by atoms with Crippen molar-refractivity contribution in [3.8, 4) is 0 Å². The maximum atomic E-state index is 11.1. The second kappa shape index (κ2) is 5.61. The van der Waals surface area contributed by atoms with Gasteiger partial charge in [-0.1, -0.05) is 0 Å². The second-order valence-electron chi connectivity index (χ2n) is 4.22. The molecule has 0 aromatic carbocycles. The van der Waals surface area contributed by atoms with Crippen LogP contribution in [0.3, 0.4) is 0 Å². The first kappa shape index (κ1) is 11.8. The molecule has 0 spiro atoms. The van der Waals surface area contributed by atoms with E-state index in [1.54, 1.807) is 0 Å². The summed E-state index contributed by atoms with van der Waals surface area (Å²) >= 11 is 0. The molecule has 92 valence electrons. The highest BCUT2D eigenvalue weighted by Crippen LogP contribution is 2.26. The minimum Gasteiger partial charge on any atom is -0.469 e. The standard InChI is InChI=1S/C11H18O5/c1-13-10(12)5-9-7-15-11(16-9)8-3-2-4-14-6-8/h8-9,11H,2-7H2,1H3. The van der Waals surface area contributed by atoms with Crippen molar-refractivity contribution in [2.75, 3.05) is 26.9 Å². The van der Waals surface area contributed by atoms with Crippen LogP contribution < -0.4 is 0 Å². The third-order valence-corrected chi connectivity index (χ3v) is 2.98. The predicted octanol–water partition coefficient (Wildman–Crippen LogP) is 0.718. The highest BCUT2D eigenvalue weighted by molar-refractivity contribution is 5.69. The molecule has 3 atom stereocenters. The van der Waals surface area contributed by atoms with E-state index < -0.39 is 0 Å². The number of esters is 1. The molecule has 5 nitrogen and oxygen atoms in total. The highest BCUT2D eigenvalue weighted by atomic mass is 16.7. The maximum Gasteiger partial charge on any atom is 0.308 e. The normalized spacial score (nSPS) is 34.9. The lowest BCUT2D eigenvalue weighted by atomic mass is 10.0. The van der Waals surface area contributed by atoms with E-state index in [-0.39, 0.29) is 24.8 Å². The van der Waals surface area contributed by atoms with Gasteiger partial charge in [-0.15, -0.1) is 0 Å². The van der Waals surface area contributed by atoms with E-state index in [2.05, 4.69) is 4.74 Å². The summed E-state index contributed by atoms with van der Waals surface area (Å²) in [5.74, 6) is 0.0468. The van der Waals surface area contributed by atoms with Gasteiger partial charge in [0.25, 0.3) is 0 Å². The zero-order valence-corrected chi connectivity index (χ0v) is 9.52. The summed E-state index contributed by atoms with van der Waals surface area (Å²) in [4.78, 5) is 11.1. The van der Waals surface area contributed by atoms with Crippen molar-refractivity contribution in [3.63, 3.8) is 0 Å². The zero-order valence-electron chi connectivity index (χ0n) is 9.52. The Bertz CT molecular complexity index is 237. The molecule has 0 aliphatic carbocycles. The molecule has 2 heterocycles. The van der Waals surface area contributed by atoms with Gasteiger partial charge in [-0.2, -0.15) is 0 Å². The summed E-state index contributed by atoms with van der Waals surface area (Å²) in [6.45, 7) is 1.99. The molecule has 3 unspecified atom stereocenters. The topological polar surface area (TPSA) is 54.0 Å². The molecule has 5 heteroatoms. The van der Waals surface area contributed by atoms with Crippen molar-refractivity contribution in [1.82, 2.24) is 0 Å². The molecule has 2 fully saturated rings. The number of carbonyl (C=O) groups is 1. The van der Waals surface area contributed by atoms with Crippen molar-refractivity contribution in [3.05, 3.63) is 0 Å². The first-order chi connectivity index (χ1) is 7.79. The number of carbonyl (C=O) groups excluding carboxylic acids is 1. The van der Waals surface area contributed by atoms with E-state index in [0.717, 1.165) is 19.4 Å². The maximum absolute atomic E-state index is 11.1. The minimum atomic E-state index is -0.255. The quantitative estimate of drug-likeness (QED) is 0.669. The molecule has 2 aliphatic heterocycles. The molecule has 2 saturated heterocycles. The summed E-state index contributed by atoms with van der Waals surface area (Å²) in [5.41, 5.74) is 0. The lowest BCUT2D eigenvalue weighted by molar-refractivity contribution is -0.148. The zero-order chi connectivity index (χ0) is 11.4. The summed E-state index contributed by atoms with van der Waals surface area (Å²) in [6, 6.07) is 0. The fourth-order valence-electron chi connectivity index (χ4n) is 2.07. The van der Waals surface area contributed by atoms with Gasteiger partial charge >= 0.3 is 5.97 Å². The summed E-state index contributed by atoms with van der Waals surface area (Å²) in [6.07, 6.45) is 2.00. The Kier molecular flexibility index (Phi) is 4.15. The van der Waals surface area contributed by atoms with E-state index in [1.807, 2.05) is 0 Å². The number of hydrogen-bond donors (Lipinski definition) is 0. The molecular formula is C11H18O5. The lowest BCUT2D eigenvalue weighted by Crippen LogP contribution is -2.30. The van der Waals surface area contributed by atoms with Crippen LogP contribution in [0.2, 0.25) is 0 Å². The highest BCUT2D eigenvalue weighted by Gasteiger charge is 2.34. The molecule has 16 heavy (non-hydrogen) atoms. The van der Waals surface area contributed by atoms with Crippen LogP contribution in [0.4, 0.5) is 0 Å². The van der Waals surface area contributed by atoms with Gasteiger partial charge in [-0.25, -0.2) is 0 Å². The molecule has 0 bridgehead atoms. The van der Waals surface area contributed by atoms with Gasteiger partial charge in [-0.3, -0.25) is 4.79 Å². The van der Waals surface area contributed by atoms with Crippen molar-refractivity contribution in [2.45, 2.75) is 31.7 Å². The van der Waals surface area contributed by atoms with Crippen LogP contribution >= 0.6 is 0 Å². The van der Waals surface area contributed by atoms with Crippen LogP contribution in [-0.2, 0) is 23.7 Å². The van der Waals surface area contributed by atoms with E-state index in [0.29, 0.717) is 19.1 Å². The molecule has 0 aromatic rings. The molecular weight excluding hydrogens is 212 g/mol. The van der Waals surface area contributed by atoms with Crippen LogP contribution in [0, 0.1) is 5.92 Å². The third kappa shape index (κ3) is 2.93. The molecule has 0 N–H and O–H groups in total. The molecule has 0 radical (unpaired) electrons.